The molecule has 0 spiro atoms. The summed E-state index contributed by atoms with van der Waals surface area (Å²) in [6.45, 7) is 1.71. The lowest BCUT2D eigenvalue weighted by Crippen LogP contribution is -2.28. The summed E-state index contributed by atoms with van der Waals surface area (Å²) in [4.78, 5) is 28.8. The van der Waals surface area contributed by atoms with Crippen molar-refractivity contribution in [2.75, 3.05) is 17.1 Å². The Hall–Kier alpha value is -3.84. The molecule has 0 aliphatic heterocycles. The number of primary amides is 1. The van der Waals surface area contributed by atoms with Crippen molar-refractivity contribution < 1.29 is 22.0 Å². The number of hydrogen-bond donors (Lipinski definition) is 4. The first-order valence-electron chi connectivity index (χ1n) is 9.84. The molecule has 0 aliphatic rings. The number of anilines is 3. The Labute approximate surface area is 194 Å². The van der Waals surface area contributed by atoms with Gasteiger partial charge in [-0.25, -0.2) is 18.5 Å². The summed E-state index contributed by atoms with van der Waals surface area (Å²) in [5, 5.41) is 2.72. The van der Waals surface area contributed by atoms with E-state index in [1.54, 1.807) is 13.0 Å². The van der Waals surface area contributed by atoms with Crippen molar-refractivity contribution in [3.8, 4) is 0 Å². The summed E-state index contributed by atoms with van der Waals surface area (Å²) in [6.07, 6.45) is 0.871. The van der Waals surface area contributed by atoms with E-state index < -0.39 is 39.1 Å². The highest BCUT2D eigenvalue weighted by atomic mass is 32.2. The molecule has 0 unspecified atom stereocenters. The number of carbonyl (C=O) groups is 1. The topological polar surface area (TPSA) is 148 Å². The van der Waals surface area contributed by atoms with Crippen molar-refractivity contribution in [3.05, 3.63) is 80.8 Å². The van der Waals surface area contributed by atoms with E-state index in [0.29, 0.717) is 5.56 Å². The zero-order valence-corrected chi connectivity index (χ0v) is 19.3. The standard InChI is InChI=1S/C21H22F2N6O4S/c1-11-4-5-16(15(22)8-11)27-20-14(18(24)30)10-13(21(31)29(20)3)9-12-6-7-26-19(17(12)23)28-34(32,33)25-2/h4-8,10,25,27H,9H2,1-3H3,(H2,24,30)(H,26,28). The van der Waals surface area contributed by atoms with Crippen molar-refractivity contribution in [1.82, 2.24) is 14.3 Å². The Bertz CT molecular complexity index is 1440. The van der Waals surface area contributed by atoms with Gasteiger partial charge in [0.25, 0.3) is 21.7 Å². The van der Waals surface area contributed by atoms with E-state index in [9.17, 15) is 26.8 Å². The quantitative estimate of drug-likeness (QED) is 0.376. The molecule has 3 aromatic rings. The van der Waals surface area contributed by atoms with Gasteiger partial charge >= 0.3 is 0 Å². The van der Waals surface area contributed by atoms with Gasteiger partial charge in [-0.1, -0.05) is 6.07 Å². The lowest BCUT2D eigenvalue weighted by atomic mass is 10.0. The monoisotopic (exact) mass is 492 g/mol. The van der Waals surface area contributed by atoms with Crippen LogP contribution in [0, 0.1) is 18.6 Å². The van der Waals surface area contributed by atoms with E-state index in [2.05, 4.69) is 10.3 Å². The number of nitrogens with zero attached hydrogens (tertiary/aromatic N) is 2. The fraction of sp³-hybridized carbons (Fsp3) is 0.190. The summed E-state index contributed by atoms with van der Waals surface area (Å²) in [5.41, 5.74) is 5.42. The predicted molar refractivity (Wildman–Crippen MR) is 123 cm³/mol. The summed E-state index contributed by atoms with van der Waals surface area (Å²) in [6, 6.07) is 6.84. The summed E-state index contributed by atoms with van der Waals surface area (Å²) in [7, 11) is -1.54. The maximum atomic E-state index is 14.9. The third kappa shape index (κ3) is 5.21. The number of nitrogens with one attached hydrogen (secondary N) is 3. The third-order valence-electron chi connectivity index (χ3n) is 4.98. The molecule has 1 aromatic carbocycles. The maximum absolute atomic E-state index is 14.9. The van der Waals surface area contributed by atoms with Crippen molar-refractivity contribution in [3.63, 3.8) is 0 Å². The number of hydrogen-bond acceptors (Lipinski definition) is 6. The van der Waals surface area contributed by atoms with Crippen LogP contribution in [0.15, 0.2) is 41.3 Å². The van der Waals surface area contributed by atoms with Gasteiger partial charge in [-0.3, -0.25) is 18.9 Å². The van der Waals surface area contributed by atoms with Crippen LogP contribution in [-0.2, 0) is 23.7 Å². The average molecular weight is 493 g/mol. The Morgan fingerprint density at radius 1 is 1.18 bits per heavy atom. The van der Waals surface area contributed by atoms with Gasteiger partial charge in [0.1, 0.15) is 11.6 Å². The molecule has 0 fully saturated rings. The molecule has 34 heavy (non-hydrogen) atoms. The van der Waals surface area contributed by atoms with E-state index >= 15 is 0 Å². The largest absolute Gasteiger partial charge is 0.365 e. The van der Waals surface area contributed by atoms with Gasteiger partial charge in [0.15, 0.2) is 11.6 Å². The number of halogens is 2. The number of pyridine rings is 2. The number of aryl methyl sites for hydroxylation is 1. The van der Waals surface area contributed by atoms with Crippen molar-refractivity contribution in [1.29, 1.82) is 0 Å². The van der Waals surface area contributed by atoms with E-state index in [1.807, 2.05) is 9.44 Å². The van der Waals surface area contributed by atoms with Crippen LogP contribution in [0.5, 0.6) is 0 Å². The van der Waals surface area contributed by atoms with Gasteiger partial charge in [0, 0.05) is 32.3 Å². The molecular formula is C21H22F2N6O4S. The lowest BCUT2D eigenvalue weighted by molar-refractivity contribution is 0.100. The SMILES string of the molecule is CNS(=O)(=O)Nc1nccc(Cc2cc(C(N)=O)c(Nc3ccc(C)cc3F)n(C)c2=O)c1F. The average Bonchev–Trinajstić information content (AvgIpc) is 2.77. The van der Waals surface area contributed by atoms with E-state index in [0.717, 1.165) is 11.6 Å². The first-order chi connectivity index (χ1) is 15.9. The highest BCUT2D eigenvalue weighted by Crippen LogP contribution is 2.25. The van der Waals surface area contributed by atoms with Gasteiger partial charge < -0.3 is 11.1 Å². The molecule has 0 saturated carbocycles. The predicted octanol–water partition coefficient (Wildman–Crippen LogP) is 1.68. The second kappa shape index (κ2) is 9.57. The summed E-state index contributed by atoms with van der Waals surface area (Å²) in [5.74, 6) is -3.09. The van der Waals surface area contributed by atoms with Crippen LogP contribution in [-0.4, -0.2) is 30.9 Å². The molecule has 0 atom stereocenters. The van der Waals surface area contributed by atoms with Gasteiger partial charge in [-0.2, -0.15) is 8.42 Å². The molecule has 2 aromatic heterocycles. The third-order valence-corrected chi connectivity index (χ3v) is 5.98. The highest BCUT2D eigenvalue weighted by molar-refractivity contribution is 7.90. The van der Waals surface area contributed by atoms with Crippen LogP contribution in [0.2, 0.25) is 0 Å². The minimum absolute atomic E-state index is 0.00116. The zero-order chi connectivity index (χ0) is 25.2. The number of carbonyl (C=O) groups excluding carboxylic acids is 1. The molecule has 180 valence electrons. The molecule has 0 saturated heterocycles. The van der Waals surface area contributed by atoms with Crippen molar-refractivity contribution in [2.24, 2.45) is 12.8 Å². The van der Waals surface area contributed by atoms with Crippen LogP contribution < -0.4 is 26.1 Å². The van der Waals surface area contributed by atoms with Crippen LogP contribution in [0.25, 0.3) is 0 Å². The Kier molecular flexibility index (Phi) is 6.98. The molecule has 10 nitrogen and oxygen atoms in total. The second-order valence-electron chi connectivity index (χ2n) is 7.39. The smallest absolute Gasteiger partial charge is 0.300 e. The van der Waals surface area contributed by atoms with E-state index in [-0.39, 0.29) is 34.6 Å². The number of nitrogens with two attached hydrogens (primary N) is 1. The molecule has 1 amide bonds. The first-order valence-corrected chi connectivity index (χ1v) is 11.3. The van der Waals surface area contributed by atoms with Crippen LogP contribution in [0.4, 0.5) is 26.1 Å². The van der Waals surface area contributed by atoms with E-state index in [4.69, 9.17) is 5.73 Å². The van der Waals surface area contributed by atoms with Crippen LogP contribution >= 0.6 is 0 Å². The van der Waals surface area contributed by atoms with Crippen molar-refractivity contribution in [2.45, 2.75) is 13.3 Å². The zero-order valence-electron chi connectivity index (χ0n) is 18.4. The molecule has 2 heterocycles. The van der Waals surface area contributed by atoms with Gasteiger partial charge in [-0.05, 0) is 42.3 Å². The van der Waals surface area contributed by atoms with Crippen LogP contribution in [0.1, 0.15) is 27.0 Å². The number of amides is 1. The Morgan fingerprint density at radius 2 is 1.88 bits per heavy atom. The minimum atomic E-state index is -4.03. The molecule has 13 heteroatoms. The molecular weight excluding hydrogens is 470 g/mol. The normalized spacial score (nSPS) is 11.3. The fourth-order valence-corrected chi connectivity index (χ4v) is 3.69. The molecule has 0 radical (unpaired) electrons. The van der Waals surface area contributed by atoms with E-state index in [1.165, 1.54) is 37.5 Å². The summed E-state index contributed by atoms with van der Waals surface area (Å²) >= 11 is 0. The van der Waals surface area contributed by atoms with Crippen LogP contribution in [0.3, 0.4) is 0 Å². The van der Waals surface area contributed by atoms with Gasteiger partial charge in [-0.15, -0.1) is 0 Å². The molecule has 0 aliphatic carbocycles. The molecule has 5 N–H and O–H groups in total. The number of aromatic nitrogens is 2. The fourth-order valence-electron chi connectivity index (χ4n) is 3.19. The molecule has 0 bridgehead atoms. The van der Waals surface area contributed by atoms with Gasteiger partial charge in [0.05, 0.1) is 11.3 Å². The lowest BCUT2D eigenvalue weighted by Gasteiger charge is -2.17. The van der Waals surface area contributed by atoms with Gasteiger partial charge in [0.2, 0.25) is 0 Å². The number of benzene rings is 1. The summed E-state index contributed by atoms with van der Waals surface area (Å²) < 4.78 is 57.5. The Balaban J connectivity index is 2.05. The second-order valence-corrected chi connectivity index (χ2v) is 9.01. The maximum Gasteiger partial charge on any atom is 0.300 e. The Morgan fingerprint density at radius 3 is 2.50 bits per heavy atom. The number of rotatable bonds is 8. The highest BCUT2D eigenvalue weighted by Gasteiger charge is 2.20. The first kappa shape index (κ1) is 24.8. The minimum Gasteiger partial charge on any atom is -0.365 e. The molecule has 3 rings (SSSR count). The van der Waals surface area contributed by atoms with Crippen molar-refractivity contribution >= 4 is 33.4 Å².